The smallest absolute Gasteiger partial charge is 0.415 e. The molecule has 1 amide bonds. The molecular formula is C29H24ClN5O4S. The first-order valence-corrected chi connectivity index (χ1v) is 13.2. The van der Waals surface area contributed by atoms with Crippen molar-refractivity contribution in [1.29, 1.82) is 10.5 Å². The van der Waals surface area contributed by atoms with Crippen LogP contribution in [-0.4, -0.2) is 32.3 Å². The van der Waals surface area contributed by atoms with Crippen molar-refractivity contribution in [1.82, 2.24) is 9.55 Å². The predicted molar refractivity (Wildman–Crippen MR) is 151 cm³/mol. The zero-order chi connectivity index (χ0) is 29.0. The highest BCUT2D eigenvalue weighted by Gasteiger charge is 2.32. The maximum absolute atomic E-state index is 13.5. The van der Waals surface area contributed by atoms with Gasteiger partial charge in [-0.1, -0.05) is 35.9 Å². The lowest BCUT2D eigenvalue weighted by Crippen LogP contribution is -2.37. The molecule has 0 saturated carbocycles. The van der Waals surface area contributed by atoms with E-state index in [-0.39, 0.29) is 27.5 Å². The van der Waals surface area contributed by atoms with Crippen LogP contribution >= 0.6 is 22.9 Å². The van der Waals surface area contributed by atoms with E-state index in [4.69, 9.17) is 21.6 Å². The van der Waals surface area contributed by atoms with Gasteiger partial charge in [-0.25, -0.2) is 14.6 Å². The minimum atomic E-state index is -1.23. The Labute approximate surface area is 240 Å². The third-order valence-electron chi connectivity index (χ3n) is 5.74. The Kier molecular flexibility index (Phi) is 8.24. The molecule has 0 radical (unpaired) electrons. The van der Waals surface area contributed by atoms with Crippen LogP contribution < -0.4 is 4.90 Å². The van der Waals surface area contributed by atoms with E-state index in [2.05, 4.69) is 17.1 Å². The molecule has 11 heteroatoms. The van der Waals surface area contributed by atoms with Crippen LogP contribution in [0.5, 0.6) is 0 Å². The number of rotatable bonds is 7. The summed E-state index contributed by atoms with van der Waals surface area (Å²) >= 11 is 6.86. The van der Waals surface area contributed by atoms with Crippen molar-refractivity contribution in [2.24, 2.45) is 0 Å². The van der Waals surface area contributed by atoms with Crippen LogP contribution in [-0.2, 0) is 17.8 Å². The van der Waals surface area contributed by atoms with Crippen molar-refractivity contribution in [2.45, 2.75) is 39.5 Å². The fraction of sp³-hybridized carbons (Fsp3) is 0.207. The highest BCUT2D eigenvalue weighted by atomic mass is 35.5. The van der Waals surface area contributed by atoms with Crippen molar-refractivity contribution in [3.05, 3.63) is 93.3 Å². The van der Waals surface area contributed by atoms with Gasteiger partial charge < -0.3 is 14.4 Å². The second-order valence-corrected chi connectivity index (χ2v) is 11.2. The molecular weight excluding hydrogens is 550 g/mol. The molecule has 0 atom stereocenters. The van der Waals surface area contributed by atoms with Crippen LogP contribution in [0.4, 0.5) is 9.80 Å². The molecule has 4 rings (SSSR count). The van der Waals surface area contributed by atoms with Crippen molar-refractivity contribution in [2.75, 3.05) is 4.90 Å². The van der Waals surface area contributed by atoms with Gasteiger partial charge >= 0.3 is 12.1 Å². The Hall–Kier alpha value is -4.64. The molecule has 0 aliphatic heterocycles. The molecule has 2 aromatic carbocycles. The average Bonchev–Trinajstić information content (AvgIpc) is 3.51. The molecule has 40 heavy (non-hydrogen) atoms. The number of imidazole rings is 1. The first-order chi connectivity index (χ1) is 19.0. The van der Waals surface area contributed by atoms with E-state index in [9.17, 15) is 20.0 Å². The van der Waals surface area contributed by atoms with Crippen molar-refractivity contribution in [3.8, 4) is 23.3 Å². The van der Waals surface area contributed by atoms with Crippen LogP contribution in [0.2, 0.25) is 5.02 Å². The quantitative estimate of drug-likeness (QED) is 0.260. The zero-order valence-electron chi connectivity index (χ0n) is 21.9. The molecule has 0 saturated heterocycles. The number of anilines is 1. The topological polar surface area (TPSA) is 132 Å². The van der Waals surface area contributed by atoms with E-state index in [1.165, 1.54) is 4.90 Å². The maximum Gasteiger partial charge on any atom is 0.415 e. The number of benzene rings is 2. The van der Waals surface area contributed by atoms with Crippen LogP contribution in [0.1, 0.15) is 52.8 Å². The monoisotopic (exact) mass is 573 g/mol. The van der Waals surface area contributed by atoms with E-state index in [0.29, 0.717) is 28.4 Å². The largest absolute Gasteiger partial charge is 0.477 e. The van der Waals surface area contributed by atoms with E-state index in [1.54, 1.807) is 69.7 Å². The highest BCUT2D eigenvalue weighted by Crippen LogP contribution is 2.43. The number of aromatic carboxylic acids is 1. The number of aromatic nitrogens is 2. The molecule has 0 unspecified atom stereocenters. The van der Waals surface area contributed by atoms with Gasteiger partial charge in [0.15, 0.2) is 0 Å². The summed E-state index contributed by atoms with van der Waals surface area (Å²) in [5.41, 5.74) is 1.94. The summed E-state index contributed by atoms with van der Waals surface area (Å²) in [6.45, 7) is 5.54. The molecule has 202 valence electrons. The Morgan fingerprint density at radius 2 is 1.77 bits per heavy atom. The lowest BCUT2D eigenvalue weighted by Gasteiger charge is -2.27. The minimum absolute atomic E-state index is 0.0359. The summed E-state index contributed by atoms with van der Waals surface area (Å²) in [5.74, 6) is -1.23. The molecule has 9 nitrogen and oxygen atoms in total. The number of ether oxygens (including phenoxy) is 1. The van der Waals surface area contributed by atoms with E-state index >= 15 is 0 Å². The number of nitriles is 2. The molecule has 4 aromatic rings. The first kappa shape index (κ1) is 28.4. The van der Waals surface area contributed by atoms with E-state index < -0.39 is 17.7 Å². The number of halogens is 1. The number of carbonyl (C=O) groups is 2. The zero-order valence-corrected chi connectivity index (χ0v) is 23.5. The number of thiophene rings is 1. The van der Waals surface area contributed by atoms with Gasteiger partial charge in [-0.2, -0.15) is 10.5 Å². The predicted octanol–water partition coefficient (Wildman–Crippen LogP) is 6.70. The van der Waals surface area contributed by atoms with Gasteiger partial charge in [0.1, 0.15) is 21.5 Å². The standard InChI is InChI=1S/C29H24ClN5O4S/c1-29(2,3)39-28(38)35(16-22-14-33-17-34(22)15-19-6-4-18(12-31)5-7-19)26-23(13-32)24(25(40-26)27(36)37)20-8-10-21(30)11-9-20/h4-11,14,17H,15-16H2,1-3H3,(H,36,37). The van der Waals surface area contributed by atoms with Crippen LogP contribution in [0.3, 0.4) is 0 Å². The fourth-order valence-corrected chi connectivity index (χ4v) is 5.19. The lowest BCUT2D eigenvalue weighted by molar-refractivity contribution is 0.0576. The van der Waals surface area contributed by atoms with Crippen LogP contribution in [0.25, 0.3) is 11.1 Å². The van der Waals surface area contributed by atoms with E-state index in [1.807, 2.05) is 16.7 Å². The molecule has 2 heterocycles. The van der Waals surface area contributed by atoms with Crippen molar-refractivity contribution >= 4 is 40.0 Å². The number of nitrogens with zero attached hydrogens (tertiary/aromatic N) is 5. The highest BCUT2D eigenvalue weighted by molar-refractivity contribution is 7.19. The number of hydrogen-bond acceptors (Lipinski definition) is 7. The Bertz CT molecular complexity index is 1640. The van der Waals surface area contributed by atoms with Crippen LogP contribution in [0.15, 0.2) is 61.1 Å². The van der Waals surface area contributed by atoms with Crippen LogP contribution in [0, 0.1) is 22.7 Å². The van der Waals surface area contributed by atoms with Gasteiger partial charge in [0.05, 0.1) is 35.8 Å². The third-order valence-corrected chi connectivity index (χ3v) is 7.19. The number of carbonyl (C=O) groups excluding carboxylic acids is 1. The molecule has 0 spiro atoms. The molecule has 0 bridgehead atoms. The Balaban J connectivity index is 1.80. The van der Waals surface area contributed by atoms with Gasteiger partial charge in [0.25, 0.3) is 0 Å². The Morgan fingerprint density at radius 3 is 2.35 bits per heavy atom. The normalized spacial score (nSPS) is 10.9. The summed E-state index contributed by atoms with van der Waals surface area (Å²) in [6.07, 6.45) is 2.47. The number of carboxylic acid groups (broad SMARTS) is 1. The number of hydrogen-bond donors (Lipinski definition) is 1. The lowest BCUT2D eigenvalue weighted by atomic mass is 10.0. The fourth-order valence-electron chi connectivity index (χ4n) is 3.96. The van der Waals surface area contributed by atoms with Gasteiger partial charge in [-0.3, -0.25) is 4.90 Å². The number of carboxylic acids is 1. The summed E-state index contributed by atoms with van der Waals surface area (Å²) in [6, 6.07) is 17.8. The SMILES string of the molecule is CC(C)(C)OC(=O)N(Cc1cncn1Cc1ccc(C#N)cc1)c1sc(C(=O)O)c(-c2ccc(Cl)cc2)c1C#N. The van der Waals surface area contributed by atoms with Gasteiger partial charge in [0.2, 0.25) is 0 Å². The Morgan fingerprint density at radius 1 is 1.10 bits per heavy atom. The third kappa shape index (κ3) is 6.32. The molecule has 2 aromatic heterocycles. The molecule has 1 N–H and O–H groups in total. The molecule has 0 aliphatic rings. The molecule has 0 aliphatic carbocycles. The molecule has 0 fully saturated rings. The van der Waals surface area contributed by atoms with Crippen molar-refractivity contribution < 1.29 is 19.4 Å². The van der Waals surface area contributed by atoms with Crippen molar-refractivity contribution in [3.63, 3.8) is 0 Å². The second kappa shape index (κ2) is 11.6. The summed E-state index contributed by atoms with van der Waals surface area (Å²) in [5, 5.41) is 29.9. The number of amides is 1. The van der Waals surface area contributed by atoms with Gasteiger partial charge in [0, 0.05) is 23.3 Å². The average molecular weight is 574 g/mol. The summed E-state index contributed by atoms with van der Waals surface area (Å²) in [4.78, 5) is 31.3. The summed E-state index contributed by atoms with van der Waals surface area (Å²) < 4.78 is 7.51. The first-order valence-electron chi connectivity index (χ1n) is 12.1. The summed E-state index contributed by atoms with van der Waals surface area (Å²) in [7, 11) is 0. The van der Waals surface area contributed by atoms with Gasteiger partial charge in [-0.15, -0.1) is 11.3 Å². The van der Waals surface area contributed by atoms with Gasteiger partial charge in [-0.05, 0) is 56.2 Å². The second-order valence-electron chi connectivity index (χ2n) is 9.80. The van der Waals surface area contributed by atoms with E-state index in [0.717, 1.165) is 16.9 Å². The maximum atomic E-state index is 13.5. The minimum Gasteiger partial charge on any atom is -0.477 e.